The lowest BCUT2D eigenvalue weighted by Gasteiger charge is -2.06. The third-order valence-corrected chi connectivity index (χ3v) is 4.41. The Kier molecular flexibility index (Phi) is 5.82. The van der Waals surface area contributed by atoms with Crippen LogP contribution in [0.1, 0.15) is 21.5 Å². The summed E-state index contributed by atoms with van der Waals surface area (Å²) in [6.45, 7) is 1.87. The lowest BCUT2D eigenvalue weighted by Crippen LogP contribution is -1.96. The Labute approximate surface area is 147 Å². The Morgan fingerprint density at radius 1 is 1.30 bits per heavy atom. The topological polar surface area (TPSA) is 55.8 Å². The van der Waals surface area contributed by atoms with Crippen LogP contribution in [0.2, 0.25) is 5.02 Å². The molecule has 23 heavy (non-hydrogen) atoms. The summed E-state index contributed by atoms with van der Waals surface area (Å²) in [7, 11) is 1.43. The minimum absolute atomic E-state index is 0.112. The van der Waals surface area contributed by atoms with E-state index >= 15 is 0 Å². The number of aromatic hydroxyl groups is 1. The van der Waals surface area contributed by atoms with E-state index in [4.69, 9.17) is 16.5 Å². The molecule has 2 aromatic rings. The number of carbonyl (C=O) groups is 1. The molecule has 0 heterocycles. The molecule has 2 aromatic carbocycles. The standard InChI is InChI=1S/C17H14BrClO4/c1-10-9-11(4-8-15(10)23-22-2)3-7-14(20)12-5-6-13(18)16(19)17(12)21/h3-9,21H,1-2H3/b7-3+. The summed E-state index contributed by atoms with van der Waals surface area (Å²) in [5.74, 6) is 0.0239. The highest BCUT2D eigenvalue weighted by Gasteiger charge is 2.13. The van der Waals surface area contributed by atoms with Crippen LogP contribution < -0.4 is 4.89 Å². The quantitative estimate of drug-likeness (QED) is 0.335. The SMILES string of the molecule is COOc1ccc(/C=C/C(=O)c2ccc(Br)c(Cl)c2O)cc1C. The number of ketones is 1. The van der Waals surface area contributed by atoms with Gasteiger partial charge in [-0.05, 0) is 64.3 Å². The molecule has 0 radical (unpaired) electrons. The highest BCUT2D eigenvalue weighted by atomic mass is 79.9. The van der Waals surface area contributed by atoms with Crippen molar-refractivity contribution in [3.63, 3.8) is 0 Å². The monoisotopic (exact) mass is 396 g/mol. The largest absolute Gasteiger partial charge is 0.506 e. The van der Waals surface area contributed by atoms with Gasteiger partial charge in [0, 0.05) is 4.47 Å². The van der Waals surface area contributed by atoms with E-state index < -0.39 is 0 Å². The van der Waals surface area contributed by atoms with Gasteiger partial charge >= 0.3 is 0 Å². The summed E-state index contributed by atoms with van der Waals surface area (Å²) < 4.78 is 0.529. The molecule has 0 amide bonds. The fraction of sp³-hybridized carbons (Fsp3) is 0.118. The molecule has 0 aliphatic rings. The Morgan fingerprint density at radius 2 is 2.04 bits per heavy atom. The Bertz CT molecular complexity index is 771. The van der Waals surface area contributed by atoms with Gasteiger partial charge in [-0.2, -0.15) is 4.89 Å². The number of phenolic OH excluding ortho intramolecular Hbond substituents is 1. The van der Waals surface area contributed by atoms with Crippen molar-refractivity contribution in [1.82, 2.24) is 0 Å². The van der Waals surface area contributed by atoms with Crippen LogP contribution in [-0.4, -0.2) is 18.0 Å². The van der Waals surface area contributed by atoms with Gasteiger partial charge in [0.25, 0.3) is 0 Å². The molecule has 2 rings (SSSR count). The smallest absolute Gasteiger partial charge is 0.189 e. The molecule has 0 saturated carbocycles. The summed E-state index contributed by atoms with van der Waals surface area (Å²) >= 11 is 9.10. The molecule has 1 N–H and O–H groups in total. The number of halogens is 2. The zero-order valence-corrected chi connectivity index (χ0v) is 14.8. The van der Waals surface area contributed by atoms with Crippen molar-refractivity contribution in [2.24, 2.45) is 0 Å². The summed E-state index contributed by atoms with van der Waals surface area (Å²) in [6.07, 6.45) is 3.03. The van der Waals surface area contributed by atoms with Gasteiger partial charge in [0.15, 0.2) is 11.5 Å². The first-order valence-electron chi connectivity index (χ1n) is 6.64. The predicted octanol–water partition coefficient (Wildman–Crippen LogP) is 4.95. The van der Waals surface area contributed by atoms with Crippen LogP contribution in [0.3, 0.4) is 0 Å². The van der Waals surface area contributed by atoms with Crippen LogP contribution in [0.5, 0.6) is 11.5 Å². The molecule has 0 saturated heterocycles. The second-order valence-electron chi connectivity index (χ2n) is 4.73. The van der Waals surface area contributed by atoms with Gasteiger partial charge in [0.1, 0.15) is 5.75 Å². The van der Waals surface area contributed by atoms with Crippen LogP contribution in [0.4, 0.5) is 0 Å². The molecule has 0 bridgehead atoms. The van der Waals surface area contributed by atoms with E-state index in [1.807, 2.05) is 13.0 Å². The first kappa shape index (κ1) is 17.5. The van der Waals surface area contributed by atoms with E-state index in [9.17, 15) is 9.90 Å². The molecule has 120 valence electrons. The van der Waals surface area contributed by atoms with Crippen molar-refractivity contribution in [2.75, 3.05) is 7.11 Å². The Balaban J connectivity index is 2.22. The Morgan fingerprint density at radius 3 is 2.70 bits per heavy atom. The van der Waals surface area contributed by atoms with Crippen LogP contribution in [0, 0.1) is 6.92 Å². The van der Waals surface area contributed by atoms with Crippen molar-refractivity contribution in [3.8, 4) is 11.5 Å². The number of carbonyl (C=O) groups excluding carboxylic acids is 1. The maximum absolute atomic E-state index is 12.2. The third-order valence-electron chi connectivity index (χ3n) is 3.13. The molecular weight excluding hydrogens is 384 g/mol. The van der Waals surface area contributed by atoms with Gasteiger partial charge in [0.05, 0.1) is 17.7 Å². The number of rotatable bonds is 5. The van der Waals surface area contributed by atoms with Crippen molar-refractivity contribution >= 4 is 39.4 Å². The van der Waals surface area contributed by atoms with Crippen LogP contribution in [0.15, 0.2) is 40.9 Å². The lowest BCUT2D eigenvalue weighted by atomic mass is 10.1. The van der Waals surface area contributed by atoms with E-state index in [1.54, 1.807) is 24.3 Å². The summed E-state index contributed by atoms with van der Waals surface area (Å²) in [6, 6.07) is 8.52. The van der Waals surface area contributed by atoms with Gasteiger partial charge in [-0.3, -0.25) is 4.79 Å². The zero-order valence-electron chi connectivity index (χ0n) is 12.5. The molecule has 0 spiro atoms. The fourth-order valence-electron chi connectivity index (χ4n) is 1.96. The molecule has 0 aromatic heterocycles. The first-order chi connectivity index (χ1) is 10.9. The highest BCUT2D eigenvalue weighted by Crippen LogP contribution is 2.34. The maximum atomic E-state index is 12.2. The minimum Gasteiger partial charge on any atom is -0.506 e. The van der Waals surface area contributed by atoms with Crippen LogP contribution in [-0.2, 0) is 4.89 Å². The van der Waals surface area contributed by atoms with Crippen molar-refractivity contribution < 1.29 is 19.7 Å². The second kappa shape index (κ2) is 7.64. The predicted molar refractivity (Wildman–Crippen MR) is 93.0 cm³/mol. The second-order valence-corrected chi connectivity index (χ2v) is 5.96. The molecule has 0 unspecified atom stereocenters. The minimum atomic E-state index is -0.341. The van der Waals surface area contributed by atoms with Gasteiger partial charge < -0.3 is 9.99 Å². The highest BCUT2D eigenvalue weighted by molar-refractivity contribution is 9.10. The maximum Gasteiger partial charge on any atom is 0.189 e. The molecule has 0 fully saturated rings. The molecule has 0 aliphatic heterocycles. The lowest BCUT2D eigenvalue weighted by molar-refractivity contribution is -0.178. The number of benzene rings is 2. The fourth-order valence-corrected chi connectivity index (χ4v) is 2.44. The van der Waals surface area contributed by atoms with Crippen molar-refractivity contribution in [1.29, 1.82) is 0 Å². The molecule has 4 nitrogen and oxygen atoms in total. The van der Waals surface area contributed by atoms with Crippen LogP contribution in [0.25, 0.3) is 6.08 Å². The van der Waals surface area contributed by atoms with Crippen molar-refractivity contribution in [2.45, 2.75) is 6.92 Å². The summed E-state index contributed by atoms with van der Waals surface area (Å²) in [5, 5.41) is 10.1. The van der Waals surface area contributed by atoms with E-state index in [0.717, 1.165) is 11.1 Å². The normalized spacial score (nSPS) is 11.0. The van der Waals surface area contributed by atoms with Gasteiger partial charge in [-0.25, -0.2) is 0 Å². The molecule has 6 heteroatoms. The number of hydrogen-bond donors (Lipinski definition) is 1. The number of hydrogen-bond acceptors (Lipinski definition) is 4. The van der Waals surface area contributed by atoms with Gasteiger partial charge in [-0.15, -0.1) is 0 Å². The van der Waals surface area contributed by atoms with E-state index in [2.05, 4.69) is 20.8 Å². The summed E-state index contributed by atoms with van der Waals surface area (Å²) in [4.78, 5) is 21.8. The number of aryl methyl sites for hydroxylation is 1. The van der Waals surface area contributed by atoms with E-state index in [-0.39, 0.29) is 22.1 Å². The van der Waals surface area contributed by atoms with Crippen molar-refractivity contribution in [3.05, 3.63) is 62.6 Å². The van der Waals surface area contributed by atoms with E-state index in [0.29, 0.717) is 10.2 Å². The molecule has 0 aliphatic carbocycles. The third kappa shape index (κ3) is 4.13. The van der Waals surface area contributed by atoms with Gasteiger partial charge in [-0.1, -0.05) is 23.7 Å². The first-order valence-corrected chi connectivity index (χ1v) is 7.82. The number of phenols is 1. The molecule has 0 atom stereocenters. The Hall–Kier alpha value is -1.82. The van der Waals surface area contributed by atoms with Crippen LogP contribution >= 0.6 is 27.5 Å². The average molecular weight is 398 g/mol. The molecular formula is C17H14BrClO4. The average Bonchev–Trinajstić information content (AvgIpc) is 2.53. The zero-order chi connectivity index (χ0) is 17.0. The van der Waals surface area contributed by atoms with E-state index in [1.165, 1.54) is 19.3 Å². The summed E-state index contributed by atoms with van der Waals surface area (Å²) in [5.41, 5.74) is 1.84. The number of allylic oxidation sites excluding steroid dienone is 1. The van der Waals surface area contributed by atoms with Gasteiger partial charge in [0.2, 0.25) is 0 Å².